The molecule has 0 aliphatic rings. The molecule has 0 spiro atoms. The van der Waals surface area contributed by atoms with Crippen molar-refractivity contribution in [2.24, 2.45) is 13.0 Å². The first kappa shape index (κ1) is 13.7. The number of aryl methyl sites for hydroxylation is 1. The standard InChI is InChI=1S/C13H22N2O2/c1-4-5-6-7-12-14(3)8-9-15(12)10-11(2)13(16)17/h8-9,11H,4-7,10H2,1-3H3/p+1. The van der Waals surface area contributed by atoms with Crippen molar-refractivity contribution in [2.45, 2.75) is 46.1 Å². The average molecular weight is 239 g/mol. The van der Waals surface area contributed by atoms with E-state index in [2.05, 4.69) is 16.1 Å². The summed E-state index contributed by atoms with van der Waals surface area (Å²) in [6.07, 6.45) is 8.58. The van der Waals surface area contributed by atoms with Gasteiger partial charge in [-0.3, -0.25) is 4.79 Å². The summed E-state index contributed by atoms with van der Waals surface area (Å²) in [6.45, 7) is 4.49. The van der Waals surface area contributed by atoms with E-state index in [-0.39, 0.29) is 5.92 Å². The number of hydrogen-bond donors (Lipinski definition) is 1. The lowest BCUT2D eigenvalue weighted by Gasteiger charge is -2.06. The molecule has 1 unspecified atom stereocenters. The van der Waals surface area contributed by atoms with Crippen LogP contribution in [0.1, 0.15) is 38.9 Å². The van der Waals surface area contributed by atoms with Crippen LogP contribution in [0.15, 0.2) is 12.4 Å². The van der Waals surface area contributed by atoms with Gasteiger partial charge in [-0.25, -0.2) is 9.13 Å². The first-order valence-electron chi connectivity index (χ1n) is 6.32. The van der Waals surface area contributed by atoms with Crippen molar-refractivity contribution >= 4 is 5.97 Å². The van der Waals surface area contributed by atoms with Crippen molar-refractivity contribution in [3.05, 3.63) is 18.2 Å². The molecule has 0 radical (unpaired) electrons. The molecule has 0 fully saturated rings. The zero-order valence-corrected chi connectivity index (χ0v) is 11.0. The molecule has 0 amide bonds. The lowest BCUT2D eigenvalue weighted by Crippen LogP contribution is -2.33. The van der Waals surface area contributed by atoms with Gasteiger partial charge in [0.2, 0.25) is 0 Å². The highest BCUT2D eigenvalue weighted by Crippen LogP contribution is 2.07. The number of aliphatic carboxylic acids is 1. The highest BCUT2D eigenvalue weighted by Gasteiger charge is 2.19. The van der Waals surface area contributed by atoms with Crippen molar-refractivity contribution < 1.29 is 14.5 Å². The van der Waals surface area contributed by atoms with Gasteiger partial charge in [0.25, 0.3) is 5.82 Å². The number of carboxylic acid groups (broad SMARTS) is 1. The van der Waals surface area contributed by atoms with Gasteiger partial charge in [0.15, 0.2) is 0 Å². The summed E-state index contributed by atoms with van der Waals surface area (Å²) in [5, 5.41) is 8.94. The molecule has 1 heterocycles. The topological polar surface area (TPSA) is 46.1 Å². The minimum Gasteiger partial charge on any atom is -0.481 e. The van der Waals surface area contributed by atoms with Crippen LogP contribution in [0.25, 0.3) is 0 Å². The molecule has 0 aliphatic carbocycles. The number of aromatic nitrogens is 2. The number of carbonyl (C=O) groups is 1. The first-order valence-corrected chi connectivity index (χ1v) is 6.32. The normalized spacial score (nSPS) is 12.6. The summed E-state index contributed by atoms with van der Waals surface area (Å²) in [7, 11) is 2.02. The monoisotopic (exact) mass is 239 g/mol. The summed E-state index contributed by atoms with van der Waals surface area (Å²) < 4.78 is 4.15. The molecule has 0 bridgehead atoms. The second kappa shape index (κ2) is 6.42. The summed E-state index contributed by atoms with van der Waals surface area (Å²) in [6, 6.07) is 0. The molecule has 4 nitrogen and oxygen atoms in total. The van der Waals surface area contributed by atoms with E-state index in [4.69, 9.17) is 5.11 Å². The average Bonchev–Trinajstić information content (AvgIpc) is 2.61. The first-order chi connectivity index (χ1) is 8.06. The van der Waals surface area contributed by atoms with E-state index in [9.17, 15) is 4.79 Å². The van der Waals surface area contributed by atoms with Crippen LogP contribution in [-0.2, 0) is 24.8 Å². The molecular weight excluding hydrogens is 216 g/mol. The van der Waals surface area contributed by atoms with E-state index in [1.807, 2.05) is 19.4 Å². The second-order valence-corrected chi connectivity index (χ2v) is 4.67. The fourth-order valence-electron chi connectivity index (χ4n) is 1.95. The van der Waals surface area contributed by atoms with E-state index in [0.717, 1.165) is 12.8 Å². The third-order valence-electron chi connectivity index (χ3n) is 3.10. The third kappa shape index (κ3) is 3.88. The molecule has 0 aliphatic heterocycles. The van der Waals surface area contributed by atoms with Gasteiger partial charge in [0, 0.05) is 6.42 Å². The second-order valence-electron chi connectivity index (χ2n) is 4.67. The predicted octanol–water partition coefficient (Wildman–Crippen LogP) is 1.77. The lowest BCUT2D eigenvalue weighted by molar-refractivity contribution is -0.678. The van der Waals surface area contributed by atoms with Crippen molar-refractivity contribution in [3.8, 4) is 0 Å². The minimum absolute atomic E-state index is 0.340. The summed E-state index contributed by atoms with van der Waals surface area (Å²) in [5.74, 6) is 0.139. The van der Waals surface area contributed by atoms with Gasteiger partial charge in [-0.05, 0) is 13.3 Å². The van der Waals surface area contributed by atoms with E-state index >= 15 is 0 Å². The summed E-state index contributed by atoms with van der Waals surface area (Å²) in [5.41, 5.74) is 0. The molecule has 1 N–H and O–H groups in total. The third-order valence-corrected chi connectivity index (χ3v) is 3.10. The fraction of sp³-hybridized carbons (Fsp3) is 0.692. The van der Waals surface area contributed by atoms with E-state index < -0.39 is 5.97 Å². The number of imidazole rings is 1. The Morgan fingerprint density at radius 3 is 2.82 bits per heavy atom. The Morgan fingerprint density at radius 1 is 1.53 bits per heavy atom. The van der Waals surface area contributed by atoms with Crippen LogP contribution >= 0.6 is 0 Å². The number of rotatable bonds is 7. The van der Waals surface area contributed by atoms with Crippen LogP contribution in [0.3, 0.4) is 0 Å². The quantitative estimate of drug-likeness (QED) is 0.582. The maximum atomic E-state index is 10.9. The minimum atomic E-state index is -0.735. The molecule has 1 rings (SSSR count). The van der Waals surface area contributed by atoms with Gasteiger partial charge in [0.1, 0.15) is 18.9 Å². The molecule has 0 aromatic carbocycles. The molecule has 0 saturated carbocycles. The molecule has 1 aromatic rings. The fourth-order valence-corrected chi connectivity index (χ4v) is 1.95. The maximum Gasteiger partial charge on any atom is 0.310 e. The Bertz CT molecular complexity index is 371. The number of nitrogens with zero attached hydrogens (tertiary/aromatic N) is 2. The van der Waals surface area contributed by atoms with E-state index in [1.165, 1.54) is 18.7 Å². The van der Waals surface area contributed by atoms with Crippen LogP contribution < -0.4 is 4.57 Å². The molecule has 4 heteroatoms. The van der Waals surface area contributed by atoms with E-state index in [0.29, 0.717) is 6.54 Å². The van der Waals surface area contributed by atoms with Crippen LogP contribution in [0.5, 0.6) is 0 Å². The number of hydrogen-bond acceptors (Lipinski definition) is 1. The molecule has 0 saturated heterocycles. The maximum absolute atomic E-state index is 10.9. The summed E-state index contributed by atoms with van der Waals surface area (Å²) >= 11 is 0. The Hall–Kier alpha value is -1.32. The number of unbranched alkanes of at least 4 members (excludes halogenated alkanes) is 2. The molecule has 96 valence electrons. The van der Waals surface area contributed by atoms with Crippen LogP contribution in [0, 0.1) is 5.92 Å². The highest BCUT2D eigenvalue weighted by atomic mass is 16.4. The zero-order chi connectivity index (χ0) is 12.8. The van der Waals surface area contributed by atoms with Gasteiger partial charge >= 0.3 is 5.97 Å². The van der Waals surface area contributed by atoms with Gasteiger partial charge in [0.05, 0.1) is 13.0 Å². The smallest absolute Gasteiger partial charge is 0.310 e. The van der Waals surface area contributed by atoms with Crippen LogP contribution in [0.4, 0.5) is 0 Å². The van der Waals surface area contributed by atoms with Crippen molar-refractivity contribution in [3.63, 3.8) is 0 Å². The largest absolute Gasteiger partial charge is 0.481 e. The Balaban J connectivity index is 2.68. The molecule has 17 heavy (non-hydrogen) atoms. The van der Waals surface area contributed by atoms with Gasteiger partial charge in [-0.15, -0.1) is 0 Å². The Morgan fingerprint density at radius 2 is 2.24 bits per heavy atom. The Kier molecular flexibility index (Phi) is 5.19. The van der Waals surface area contributed by atoms with Gasteiger partial charge in [-0.1, -0.05) is 19.8 Å². The molecule has 1 atom stereocenters. The van der Waals surface area contributed by atoms with Gasteiger partial charge in [-0.2, -0.15) is 0 Å². The SMILES string of the molecule is CCCCCc1n(CC(C)C(=O)O)cc[n+]1C. The van der Waals surface area contributed by atoms with Crippen LogP contribution in [-0.4, -0.2) is 15.6 Å². The molecular formula is C13H23N2O2+. The zero-order valence-electron chi connectivity index (χ0n) is 11.0. The summed E-state index contributed by atoms with van der Waals surface area (Å²) in [4.78, 5) is 10.9. The van der Waals surface area contributed by atoms with Crippen molar-refractivity contribution in [1.82, 2.24) is 4.57 Å². The van der Waals surface area contributed by atoms with Crippen LogP contribution in [0.2, 0.25) is 0 Å². The van der Waals surface area contributed by atoms with Crippen molar-refractivity contribution in [2.75, 3.05) is 0 Å². The van der Waals surface area contributed by atoms with E-state index in [1.54, 1.807) is 6.92 Å². The number of carboxylic acids is 1. The lowest BCUT2D eigenvalue weighted by atomic mass is 10.1. The highest BCUT2D eigenvalue weighted by molar-refractivity contribution is 5.69. The van der Waals surface area contributed by atoms with Gasteiger partial charge < -0.3 is 5.11 Å². The Labute approximate surface area is 103 Å². The predicted molar refractivity (Wildman–Crippen MR) is 65.6 cm³/mol. The van der Waals surface area contributed by atoms with Crippen molar-refractivity contribution in [1.29, 1.82) is 0 Å². The molecule has 1 aromatic heterocycles.